The maximum atomic E-state index is 12.6. The van der Waals surface area contributed by atoms with Crippen LogP contribution in [0.1, 0.15) is 71.7 Å². The van der Waals surface area contributed by atoms with Gasteiger partial charge in [0.2, 0.25) is 5.75 Å². The second kappa shape index (κ2) is 18.5. The summed E-state index contributed by atoms with van der Waals surface area (Å²) >= 11 is 0. The van der Waals surface area contributed by atoms with Gasteiger partial charge in [0.1, 0.15) is 6.17 Å². The number of hydrogen-bond acceptors (Lipinski definition) is 9. The number of fused-ring (bicyclic) bond motifs is 1. The van der Waals surface area contributed by atoms with Gasteiger partial charge < -0.3 is 43.8 Å². The van der Waals surface area contributed by atoms with Crippen molar-refractivity contribution < 1.29 is 38.0 Å². The molecule has 0 saturated heterocycles. The Morgan fingerprint density at radius 2 is 1.14 bits per heavy atom. The molecule has 270 valence electrons. The molecule has 10 heteroatoms. The Kier molecular flexibility index (Phi) is 13.3. The van der Waals surface area contributed by atoms with Gasteiger partial charge >= 0.3 is 0 Å². The number of anilines is 1. The molecule has 4 aromatic carbocycles. The Hall–Kier alpha value is -5.51. The third kappa shape index (κ3) is 9.60. The SMILES string of the molecule is COc1cc(C2NC(=O)c3ccccc3N2)ccc1OCCCCCCCCOc1cc(/C=C\c2cc(OC)c(OC)c(OC)c2)ccc1OC. The molecule has 1 unspecified atom stereocenters. The molecule has 0 spiro atoms. The predicted octanol–water partition coefficient (Wildman–Crippen LogP) is 8.55. The van der Waals surface area contributed by atoms with Crippen molar-refractivity contribution in [3.63, 3.8) is 0 Å². The van der Waals surface area contributed by atoms with Gasteiger partial charge in [-0.05, 0) is 78.1 Å². The Labute approximate surface area is 300 Å². The van der Waals surface area contributed by atoms with Gasteiger partial charge in [-0.1, -0.05) is 62.1 Å². The molecule has 51 heavy (non-hydrogen) atoms. The summed E-state index contributed by atoms with van der Waals surface area (Å²) in [7, 11) is 8.07. The fourth-order valence-corrected chi connectivity index (χ4v) is 5.93. The number of amides is 1. The van der Waals surface area contributed by atoms with Gasteiger partial charge in [0, 0.05) is 5.69 Å². The average Bonchev–Trinajstić information content (AvgIpc) is 3.17. The van der Waals surface area contributed by atoms with E-state index < -0.39 is 0 Å². The van der Waals surface area contributed by atoms with Crippen molar-refractivity contribution in [2.24, 2.45) is 0 Å². The summed E-state index contributed by atoms with van der Waals surface area (Å²) in [5.41, 5.74) is 4.23. The fraction of sp³-hybridized carbons (Fsp3) is 0.341. The zero-order chi connectivity index (χ0) is 36.0. The number of carbonyl (C=O) groups excluding carboxylic acids is 1. The lowest BCUT2D eigenvalue weighted by atomic mass is 10.1. The molecular weight excluding hydrogens is 648 g/mol. The molecule has 2 N–H and O–H groups in total. The van der Waals surface area contributed by atoms with Crippen molar-refractivity contribution >= 4 is 23.7 Å². The highest BCUT2D eigenvalue weighted by atomic mass is 16.5. The Bertz CT molecular complexity index is 1760. The van der Waals surface area contributed by atoms with Gasteiger partial charge in [-0.3, -0.25) is 4.79 Å². The van der Waals surface area contributed by atoms with Crippen molar-refractivity contribution in [3.05, 3.63) is 95.1 Å². The van der Waals surface area contributed by atoms with Crippen LogP contribution in [-0.4, -0.2) is 54.7 Å². The number of ether oxygens (including phenoxy) is 7. The molecule has 0 radical (unpaired) electrons. The number of hydrogen-bond donors (Lipinski definition) is 2. The van der Waals surface area contributed by atoms with Crippen molar-refractivity contribution in [3.8, 4) is 40.2 Å². The first kappa shape index (κ1) is 36.8. The van der Waals surface area contributed by atoms with E-state index in [0.29, 0.717) is 53.3 Å². The van der Waals surface area contributed by atoms with Crippen LogP contribution in [0.3, 0.4) is 0 Å². The summed E-state index contributed by atoms with van der Waals surface area (Å²) in [6, 6.07) is 22.9. The number of methoxy groups -OCH3 is 5. The van der Waals surface area contributed by atoms with E-state index in [1.165, 1.54) is 0 Å². The number of para-hydroxylation sites is 1. The van der Waals surface area contributed by atoms with Crippen LogP contribution in [0.15, 0.2) is 72.8 Å². The second-order valence-electron chi connectivity index (χ2n) is 12.0. The minimum atomic E-state index is -0.350. The summed E-state index contributed by atoms with van der Waals surface area (Å²) in [6.07, 6.45) is 9.96. The smallest absolute Gasteiger partial charge is 0.255 e. The van der Waals surface area contributed by atoms with Crippen molar-refractivity contribution in [2.75, 3.05) is 54.1 Å². The molecule has 0 aliphatic carbocycles. The molecular formula is C41H48N2O8. The van der Waals surface area contributed by atoms with Crippen LogP contribution in [0.5, 0.6) is 40.2 Å². The van der Waals surface area contributed by atoms with E-state index in [0.717, 1.165) is 66.7 Å². The third-order valence-electron chi connectivity index (χ3n) is 8.66. The number of carbonyl (C=O) groups is 1. The minimum absolute atomic E-state index is 0.106. The van der Waals surface area contributed by atoms with Gasteiger partial charge in [-0.25, -0.2) is 0 Å². The number of nitrogens with one attached hydrogen (secondary N) is 2. The highest BCUT2D eigenvalue weighted by Crippen LogP contribution is 2.39. The molecule has 4 aromatic rings. The van der Waals surface area contributed by atoms with E-state index in [9.17, 15) is 4.79 Å². The van der Waals surface area contributed by atoms with Crippen LogP contribution in [0.25, 0.3) is 12.2 Å². The Morgan fingerprint density at radius 1 is 0.549 bits per heavy atom. The molecule has 0 fully saturated rings. The fourth-order valence-electron chi connectivity index (χ4n) is 5.93. The molecule has 1 aliphatic heterocycles. The van der Waals surface area contributed by atoms with E-state index in [4.69, 9.17) is 33.2 Å². The highest BCUT2D eigenvalue weighted by molar-refractivity contribution is 6.01. The summed E-state index contributed by atoms with van der Waals surface area (Å²) < 4.78 is 39.7. The zero-order valence-corrected chi connectivity index (χ0v) is 30.1. The van der Waals surface area contributed by atoms with Crippen LogP contribution in [-0.2, 0) is 0 Å². The monoisotopic (exact) mass is 696 g/mol. The third-order valence-corrected chi connectivity index (χ3v) is 8.66. The molecule has 5 rings (SSSR count). The van der Waals surface area contributed by atoms with E-state index >= 15 is 0 Å². The zero-order valence-electron chi connectivity index (χ0n) is 30.1. The first-order chi connectivity index (χ1) is 25.0. The maximum absolute atomic E-state index is 12.6. The van der Waals surface area contributed by atoms with Gasteiger partial charge in [0.05, 0.1) is 54.3 Å². The van der Waals surface area contributed by atoms with Crippen molar-refractivity contribution in [2.45, 2.75) is 44.7 Å². The van der Waals surface area contributed by atoms with E-state index in [1.807, 2.05) is 78.9 Å². The van der Waals surface area contributed by atoms with Crippen LogP contribution in [0.4, 0.5) is 5.69 Å². The molecule has 1 amide bonds. The second-order valence-corrected chi connectivity index (χ2v) is 12.0. The minimum Gasteiger partial charge on any atom is -0.493 e. The van der Waals surface area contributed by atoms with Crippen LogP contribution < -0.4 is 43.8 Å². The van der Waals surface area contributed by atoms with Gasteiger partial charge in [0.15, 0.2) is 34.5 Å². The van der Waals surface area contributed by atoms with Crippen molar-refractivity contribution in [1.82, 2.24) is 5.32 Å². The largest absolute Gasteiger partial charge is 0.493 e. The van der Waals surface area contributed by atoms with Gasteiger partial charge in [-0.15, -0.1) is 0 Å². The van der Waals surface area contributed by atoms with Gasteiger partial charge in [0.25, 0.3) is 5.91 Å². The molecule has 0 aromatic heterocycles. The normalized spacial score (nSPS) is 13.5. The highest BCUT2D eigenvalue weighted by Gasteiger charge is 2.25. The molecule has 1 atom stereocenters. The molecule has 1 aliphatic rings. The lowest BCUT2D eigenvalue weighted by Crippen LogP contribution is -2.38. The quantitative estimate of drug-likeness (QED) is 0.0737. The molecule has 10 nitrogen and oxygen atoms in total. The lowest BCUT2D eigenvalue weighted by molar-refractivity contribution is 0.0935. The summed E-state index contributed by atoms with van der Waals surface area (Å²) in [4.78, 5) is 12.6. The predicted molar refractivity (Wildman–Crippen MR) is 200 cm³/mol. The first-order valence-electron chi connectivity index (χ1n) is 17.2. The van der Waals surface area contributed by atoms with E-state index in [1.54, 1.807) is 41.6 Å². The Morgan fingerprint density at radius 3 is 1.80 bits per heavy atom. The van der Waals surface area contributed by atoms with E-state index in [2.05, 4.69) is 10.6 Å². The van der Waals surface area contributed by atoms with E-state index in [-0.39, 0.29) is 12.1 Å². The summed E-state index contributed by atoms with van der Waals surface area (Å²) in [5, 5.41) is 6.39. The summed E-state index contributed by atoms with van der Waals surface area (Å²) in [5.74, 6) is 4.41. The van der Waals surface area contributed by atoms with Gasteiger partial charge in [-0.2, -0.15) is 0 Å². The maximum Gasteiger partial charge on any atom is 0.255 e. The summed E-state index contributed by atoms with van der Waals surface area (Å²) in [6.45, 7) is 1.22. The van der Waals surface area contributed by atoms with Crippen LogP contribution in [0, 0.1) is 0 Å². The number of unbranched alkanes of at least 4 members (excludes halogenated alkanes) is 5. The van der Waals surface area contributed by atoms with Crippen LogP contribution >= 0.6 is 0 Å². The molecule has 0 bridgehead atoms. The standard InChI is InChI=1S/C41H48N2O8/c1-45-33-20-18-28(16-17-29-25-37(47-3)39(49-5)38(26-29)48-4)24-36(33)51-23-13-9-7-6-8-12-22-50-34-21-19-30(27-35(34)46-2)40-42-32-15-11-10-14-31(32)41(44)43-40/h10-11,14-21,24-27,40,42H,6-9,12-13,22-23H2,1-5H3,(H,43,44)/b17-16-. The lowest BCUT2D eigenvalue weighted by Gasteiger charge is -2.28. The van der Waals surface area contributed by atoms with Crippen LogP contribution in [0.2, 0.25) is 0 Å². The topological polar surface area (TPSA) is 106 Å². The number of benzene rings is 4. The first-order valence-corrected chi connectivity index (χ1v) is 17.2. The number of rotatable bonds is 19. The Balaban J connectivity index is 1.01. The molecule has 0 saturated carbocycles. The van der Waals surface area contributed by atoms with Crippen molar-refractivity contribution in [1.29, 1.82) is 0 Å². The molecule has 1 heterocycles. The average molecular weight is 697 g/mol.